The Kier molecular flexibility index (Phi) is 8.92. The van der Waals surface area contributed by atoms with Gasteiger partial charge in [0.05, 0.1) is 12.1 Å². The number of aliphatic carboxylic acids is 1. The summed E-state index contributed by atoms with van der Waals surface area (Å²) in [5, 5.41) is 10.4. The standard InChI is InChI=1S/C24H23N3O3S.C2HF3O2/c1-17(2)16-31(28,29)27-19-10-13-22-23(15-19)26-24(25-22)14-18-8-11-21(12-9-18)30-20-6-4-3-5-7-20;3-2(4,5)1(6)7/h3-13,15-16,27H,14H2,1-2H3,(H,25,26);(H,6,7)/p+1. The van der Waals surface area contributed by atoms with Crippen molar-refractivity contribution in [3.63, 3.8) is 0 Å². The molecule has 0 saturated carbocycles. The van der Waals surface area contributed by atoms with E-state index >= 15 is 0 Å². The van der Waals surface area contributed by atoms with Crippen LogP contribution >= 0.6 is 0 Å². The zero-order valence-electron chi connectivity index (χ0n) is 20.4. The number of halogens is 3. The summed E-state index contributed by atoms with van der Waals surface area (Å²) in [6.07, 6.45) is -4.40. The predicted octanol–water partition coefficient (Wildman–Crippen LogP) is 5.26. The quantitative estimate of drug-likeness (QED) is 0.348. The summed E-state index contributed by atoms with van der Waals surface area (Å²) in [6, 6.07) is 23.0. The van der Waals surface area contributed by atoms with Crippen LogP contribution in [0.5, 0.6) is 11.5 Å². The van der Waals surface area contributed by atoms with Crippen molar-refractivity contribution in [1.82, 2.24) is 0 Å². The van der Waals surface area contributed by atoms with E-state index in [4.69, 9.17) is 14.6 Å². The normalized spacial score (nSPS) is 12.4. The second-order valence-electron chi connectivity index (χ2n) is 8.40. The first kappa shape index (κ1) is 28.4. The second kappa shape index (κ2) is 11.9. The number of nitrogens with zero attached hydrogens (tertiary/aromatic N) is 1. The van der Waals surface area contributed by atoms with Crippen LogP contribution in [-0.2, 0) is 21.2 Å². The van der Waals surface area contributed by atoms with Gasteiger partial charge in [-0.1, -0.05) is 35.9 Å². The molecule has 0 spiro atoms. The Labute approximate surface area is 217 Å². The number of carbonyl (C=O) groups is 1. The van der Waals surface area contributed by atoms with Crippen LogP contribution in [0.4, 0.5) is 30.2 Å². The number of quaternary nitrogens is 1. The van der Waals surface area contributed by atoms with E-state index in [0.29, 0.717) is 17.7 Å². The number of hydrogen-bond acceptors (Lipinski definition) is 5. The average molecular weight is 549 g/mol. The smallest absolute Gasteiger partial charge is 0.475 e. The van der Waals surface area contributed by atoms with Gasteiger partial charge in [0, 0.05) is 11.5 Å². The lowest BCUT2D eigenvalue weighted by Gasteiger charge is -2.06. The molecule has 12 heteroatoms. The number of aliphatic imine (C=N–C) groups is 1. The summed E-state index contributed by atoms with van der Waals surface area (Å²) >= 11 is 0. The number of nitrogens with one attached hydrogen (secondary N) is 1. The molecule has 200 valence electrons. The third-order valence-corrected chi connectivity index (χ3v) is 6.10. The molecule has 8 nitrogen and oxygen atoms in total. The van der Waals surface area contributed by atoms with E-state index in [9.17, 15) is 21.6 Å². The summed E-state index contributed by atoms with van der Waals surface area (Å²) in [4.78, 5) is 13.6. The number of anilines is 1. The van der Waals surface area contributed by atoms with Crippen molar-refractivity contribution in [3.8, 4) is 11.5 Å². The lowest BCUT2D eigenvalue weighted by Crippen LogP contribution is -2.81. The number of allylic oxidation sites excluding steroid dienone is 1. The molecule has 0 amide bonds. The fourth-order valence-electron chi connectivity index (χ4n) is 3.30. The van der Waals surface area contributed by atoms with E-state index in [-0.39, 0.29) is 0 Å². The molecule has 1 heterocycles. The summed E-state index contributed by atoms with van der Waals surface area (Å²) < 4.78 is 64.4. The number of sulfonamides is 1. The molecule has 38 heavy (non-hydrogen) atoms. The molecular weight excluding hydrogens is 523 g/mol. The number of rotatable bonds is 7. The third-order valence-electron chi connectivity index (χ3n) is 4.80. The summed E-state index contributed by atoms with van der Waals surface area (Å²) in [7, 11) is -3.52. The van der Waals surface area contributed by atoms with Crippen LogP contribution in [0.25, 0.3) is 0 Å². The number of amidine groups is 1. The SMILES string of the molecule is CC(C)=CS(=O)(=O)Nc1ccc2c(c1)N=C(Cc1ccc(Oc3ccccc3)cc1)[NH2+]2.O=C(O)C(F)(F)F. The zero-order chi connectivity index (χ0) is 27.9. The van der Waals surface area contributed by atoms with Crippen LogP contribution in [0.2, 0.25) is 0 Å². The van der Waals surface area contributed by atoms with Gasteiger partial charge < -0.3 is 9.84 Å². The molecule has 1 aliphatic rings. The molecule has 1 aliphatic heterocycles. The molecule has 0 bridgehead atoms. The van der Waals surface area contributed by atoms with Crippen LogP contribution in [0.15, 0.2) is 88.8 Å². The van der Waals surface area contributed by atoms with E-state index < -0.39 is 22.2 Å². The summed E-state index contributed by atoms with van der Waals surface area (Å²) in [6.45, 7) is 3.49. The van der Waals surface area contributed by atoms with Gasteiger partial charge in [-0.15, -0.1) is 0 Å². The van der Waals surface area contributed by atoms with Gasteiger partial charge in [0.15, 0.2) is 5.69 Å². The molecule has 0 atom stereocenters. The minimum atomic E-state index is -5.08. The number of nitrogens with two attached hydrogens (primary N) is 1. The van der Waals surface area contributed by atoms with Crippen molar-refractivity contribution in [2.75, 3.05) is 4.72 Å². The molecule has 3 aromatic rings. The monoisotopic (exact) mass is 548 g/mol. The van der Waals surface area contributed by atoms with Gasteiger partial charge in [0.25, 0.3) is 10.0 Å². The molecule has 3 aromatic carbocycles. The number of benzene rings is 3. The van der Waals surface area contributed by atoms with Crippen LogP contribution < -0.4 is 14.8 Å². The van der Waals surface area contributed by atoms with Crippen molar-refractivity contribution in [2.45, 2.75) is 26.4 Å². The average Bonchev–Trinajstić information content (AvgIpc) is 3.21. The Morgan fingerprint density at radius 3 is 2.21 bits per heavy atom. The molecule has 4 rings (SSSR count). The van der Waals surface area contributed by atoms with E-state index in [1.54, 1.807) is 26.0 Å². The van der Waals surface area contributed by atoms with Crippen LogP contribution in [-0.4, -0.2) is 31.5 Å². The lowest BCUT2D eigenvalue weighted by atomic mass is 10.1. The van der Waals surface area contributed by atoms with E-state index in [2.05, 4.69) is 9.71 Å². The van der Waals surface area contributed by atoms with Crippen LogP contribution in [0, 0.1) is 0 Å². The number of alkyl halides is 3. The zero-order valence-corrected chi connectivity index (χ0v) is 21.2. The third kappa shape index (κ3) is 8.75. The molecule has 4 N–H and O–H groups in total. The van der Waals surface area contributed by atoms with Gasteiger partial charge >= 0.3 is 12.1 Å². The first-order valence-corrected chi connectivity index (χ1v) is 12.7. The van der Waals surface area contributed by atoms with E-state index in [1.165, 1.54) is 5.41 Å². The Balaban J connectivity index is 0.000000505. The predicted molar refractivity (Wildman–Crippen MR) is 137 cm³/mol. The fraction of sp³-hybridized carbons (Fsp3) is 0.154. The van der Waals surface area contributed by atoms with Gasteiger partial charge in [0.1, 0.15) is 17.2 Å². The Morgan fingerprint density at radius 1 is 1.03 bits per heavy atom. The molecular formula is C26H25F3N3O5S+. The Morgan fingerprint density at radius 2 is 1.63 bits per heavy atom. The topological polar surface area (TPSA) is 122 Å². The largest absolute Gasteiger partial charge is 0.490 e. The van der Waals surface area contributed by atoms with E-state index in [0.717, 1.165) is 34.3 Å². The number of fused-ring (bicyclic) bond motifs is 1. The number of ether oxygens (including phenoxy) is 1. The number of hydrogen-bond donors (Lipinski definition) is 3. The number of carboxylic acid groups (broad SMARTS) is 1. The lowest BCUT2D eigenvalue weighted by molar-refractivity contribution is -0.440. The van der Waals surface area contributed by atoms with Crippen LogP contribution in [0.3, 0.4) is 0 Å². The minimum absolute atomic E-state index is 0.497. The van der Waals surface area contributed by atoms with Gasteiger partial charge in [0.2, 0.25) is 5.84 Å². The maximum Gasteiger partial charge on any atom is 0.490 e. The highest BCUT2D eigenvalue weighted by Gasteiger charge is 2.38. The van der Waals surface area contributed by atoms with Gasteiger partial charge in [-0.05, 0) is 55.8 Å². The van der Waals surface area contributed by atoms with Crippen molar-refractivity contribution in [1.29, 1.82) is 0 Å². The molecule has 0 saturated heterocycles. The molecule has 0 aliphatic carbocycles. The summed E-state index contributed by atoms with van der Waals surface area (Å²) in [5.74, 6) is -0.248. The molecule has 0 radical (unpaired) electrons. The maximum atomic E-state index is 12.1. The fourth-order valence-corrected chi connectivity index (χ4v) is 4.43. The highest BCUT2D eigenvalue weighted by Crippen LogP contribution is 2.29. The van der Waals surface area contributed by atoms with Crippen molar-refractivity contribution < 1.29 is 41.5 Å². The summed E-state index contributed by atoms with van der Waals surface area (Å²) in [5.41, 5.74) is 4.06. The first-order chi connectivity index (χ1) is 17.8. The van der Waals surface area contributed by atoms with Crippen molar-refractivity contribution in [3.05, 3.63) is 89.3 Å². The first-order valence-electron chi connectivity index (χ1n) is 11.2. The number of para-hydroxylation sites is 1. The highest BCUT2D eigenvalue weighted by molar-refractivity contribution is 7.95. The second-order valence-corrected chi connectivity index (χ2v) is 9.93. The molecule has 0 fully saturated rings. The molecule has 0 unspecified atom stereocenters. The van der Waals surface area contributed by atoms with Gasteiger partial charge in [-0.3, -0.25) is 10.0 Å². The van der Waals surface area contributed by atoms with E-state index in [1.807, 2.05) is 66.0 Å². The van der Waals surface area contributed by atoms with Gasteiger partial charge in [-0.25, -0.2) is 13.2 Å². The van der Waals surface area contributed by atoms with Crippen molar-refractivity contribution >= 4 is 38.9 Å². The minimum Gasteiger partial charge on any atom is -0.475 e. The molecule has 0 aromatic heterocycles. The van der Waals surface area contributed by atoms with Crippen LogP contribution in [0.1, 0.15) is 19.4 Å². The number of carboxylic acids is 1. The van der Waals surface area contributed by atoms with Crippen molar-refractivity contribution in [2.24, 2.45) is 4.99 Å². The highest BCUT2D eigenvalue weighted by atomic mass is 32.2. The van der Waals surface area contributed by atoms with Gasteiger partial charge in [-0.2, -0.15) is 18.2 Å². The Bertz CT molecular complexity index is 1450. The maximum absolute atomic E-state index is 12.1. The Hall–Kier alpha value is -4.16.